The Labute approximate surface area is 162 Å². The van der Waals surface area contributed by atoms with Crippen LogP contribution in [0.2, 0.25) is 0 Å². The minimum atomic E-state index is -1.14. The SMILES string of the molecule is C=CC[C@]1(OC(=O)c2ccccc2)C(n2ccc(=O)[nH]c2=O)OC(CC)[C@H]1C. The van der Waals surface area contributed by atoms with Gasteiger partial charge in [0.05, 0.1) is 11.7 Å². The van der Waals surface area contributed by atoms with Gasteiger partial charge in [0.2, 0.25) is 0 Å². The number of hydrogen-bond donors (Lipinski definition) is 1. The van der Waals surface area contributed by atoms with E-state index in [0.717, 1.165) is 0 Å². The third kappa shape index (κ3) is 3.45. The van der Waals surface area contributed by atoms with Crippen molar-refractivity contribution in [1.82, 2.24) is 9.55 Å². The third-order valence-corrected chi connectivity index (χ3v) is 5.31. The molecule has 0 saturated carbocycles. The van der Waals surface area contributed by atoms with Crippen molar-refractivity contribution < 1.29 is 14.3 Å². The van der Waals surface area contributed by atoms with Gasteiger partial charge >= 0.3 is 11.7 Å². The highest BCUT2D eigenvalue weighted by Crippen LogP contribution is 2.48. The standard InChI is InChI=1S/C21H24N2O5/c1-4-12-21(28-18(25)15-9-7-6-8-10-15)14(3)16(5-2)27-19(21)23-13-11-17(24)22-20(23)26/h4,6-11,13-14,16,19H,1,5,12H2,2-3H3,(H,22,24,26)/t14-,16?,19?,21-/m1/s1. The van der Waals surface area contributed by atoms with Crippen LogP contribution in [0.3, 0.4) is 0 Å². The molecule has 2 aromatic rings. The fraction of sp³-hybridized carbons (Fsp3) is 0.381. The molecule has 0 amide bonds. The second kappa shape index (κ2) is 7.98. The van der Waals surface area contributed by atoms with Crippen molar-refractivity contribution >= 4 is 5.97 Å². The number of nitrogens with one attached hydrogen (secondary N) is 1. The van der Waals surface area contributed by atoms with Gasteiger partial charge in [0.25, 0.3) is 5.56 Å². The summed E-state index contributed by atoms with van der Waals surface area (Å²) in [7, 11) is 0. The van der Waals surface area contributed by atoms with E-state index in [9.17, 15) is 14.4 Å². The summed E-state index contributed by atoms with van der Waals surface area (Å²) in [5.41, 5.74) is -1.86. The second-order valence-electron chi connectivity index (χ2n) is 6.94. The van der Waals surface area contributed by atoms with E-state index in [1.807, 2.05) is 19.9 Å². The van der Waals surface area contributed by atoms with Crippen LogP contribution in [-0.2, 0) is 9.47 Å². The number of rotatable bonds is 6. The molecule has 1 aromatic heterocycles. The van der Waals surface area contributed by atoms with Crippen molar-refractivity contribution in [2.45, 2.75) is 44.6 Å². The number of ether oxygens (including phenoxy) is 2. The van der Waals surface area contributed by atoms with Crippen LogP contribution in [0, 0.1) is 5.92 Å². The molecule has 1 aliphatic heterocycles. The molecule has 1 fully saturated rings. The largest absolute Gasteiger partial charge is 0.450 e. The van der Waals surface area contributed by atoms with Gasteiger partial charge in [-0.3, -0.25) is 14.3 Å². The first kappa shape index (κ1) is 19.8. The number of aromatic nitrogens is 2. The Balaban J connectivity index is 2.09. The topological polar surface area (TPSA) is 90.4 Å². The maximum absolute atomic E-state index is 12.9. The first-order valence-electron chi connectivity index (χ1n) is 9.29. The number of esters is 1. The number of aromatic amines is 1. The predicted molar refractivity (Wildman–Crippen MR) is 104 cm³/mol. The van der Waals surface area contributed by atoms with Crippen LogP contribution < -0.4 is 11.2 Å². The van der Waals surface area contributed by atoms with Crippen LogP contribution in [0.25, 0.3) is 0 Å². The van der Waals surface area contributed by atoms with E-state index in [0.29, 0.717) is 18.4 Å². The van der Waals surface area contributed by atoms with Gasteiger partial charge in [-0.05, 0) is 18.6 Å². The number of benzene rings is 1. The summed E-state index contributed by atoms with van der Waals surface area (Å²) in [6.45, 7) is 7.71. The summed E-state index contributed by atoms with van der Waals surface area (Å²) >= 11 is 0. The van der Waals surface area contributed by atoms with Crippen LogP contribution in [0.4, 0.5) is 0 Å². The molecule has 1 aromatic carbocycles. The quantitative estimate of drug-likeness (QED) is 0.611. The van der Waals surface area contributed by atoms with Gasteiger partial charge in [-0.1, -0.05) is 38.1 Å². The van der Waals surface area contributed by atoms with Gasteiger partial charge in [-0.15, -0.1) is 6.58 Å². The minimum absolute atomic E-state index is 0.202. The fourth-order valence-electron chi connectivity index (χ4n) is 3.80. The van der Waals surface area contributed by atoms with Crippen molar-refractivity contribution in [2.75, 3.05) is 0 Å². The molecule has 28 heavy (non-hydrogen) atoms. The maximum atomic E-state index is 12.9. The highest BCUT2D eigenvalue weighted by Gasteiger charge is 2.57. The number of nitrogens with zero attached hydrogens (tertiary/aromatic N) is 1. The van der Waals surface area contributed by atoms with Crippen LogP contribution in [0.15, 0.2) is 64.8 Å². The Morgan fingerprint density at radius 1 is 1.32 bits per heavy atom. The lowest BCUT2D eigenvalue weighted by Crippen LogP contribution is -2.48. The monoisotopic (exact) mass is 384 g/mol. The van der Waals surface area contributed by atoms with Gasteiger partial charge in [-0.2, -0.15) is 0 Å². The van der Waals surface area contributed by atoms with Crippen LogP contribution in [0.5, 0.6) is 0 Å². The molecule has 0 radical (unpaired) electrons. The average Bonchev–Trinajstić information content (AvgIpc) is 2.95. The Hall–Kier alpha value is -2.93. The molecular formula is C21H24N2O5. The highest BCUT2D eigenvalue weighted by atomic mass is 16.6. The Kier molecular flexibility index (Phi) is 5.65. The molecule has 0 spiro atoms. The molecule has 7 nitrogen and oxygen atoms in total. The lowest BCUT2D eigenvalue weighted by Gasteiger charge is -2.36. The van der Waals surface area contributed by atoms with E-state index < -0.39 is 29.0 Å². The maximum Gasteiger partial charge on any atom is 0.338 e. The van der Waals surface area contributed by atoms with Crippen molar-refractivity contribution in [3.8, 4) is 0 Å². The molecule has 4 atom stereocenters. The summed E-state index contributed by atoms with van der Waals surface area (Å²) in [5, 5.41) is 0. The van der Waals surface area contributed by atoms with E-state index in [4.69, 9.17) is 9.47 Å². The van der Waals surface area contributed by atoms with Crippen molar-refractivity contribution in [1.29, 1.82) is 0 Å². The molecule has 7 heteroatoms. The average molecular weight is 384 g/mol. The number of H-pyrrole nitrogens is 1. The molecule has 0 bridgehead atoms. The normalized spacial score (nSPS) is 26.7. The minimum Gasteiger partial charge on any atom is -0.450 e. The van der Waals surface area contributed by atoms with Crippen molar-refractivity contribution in [3.05, 3.63) is 81.7 Å². The Morgan fingerprint density at radius 2 is 2.04 bits per heavy atom. The van der Waals surface area contributed by atoms with E-state index in [2.05, 4.69) is 11.6 Å². The van der Waals surface area contributed by atoms with E-state index in [1.54, 1.807) is 30.3 Å². The van der Waals surface area contributed by atoms with Gasteiger partial charge in [0, 0.05) is 24.6 Å². The molecular weight excluding hydrogens is 360 g/mol. The first-order valence-corrected chi connectivity index (χ1v) is 9.29. The summed E-state index contributed by atoms with van der Waals surface area (Å²) < 4.78 is 13.5. The smallest absolute Gasteiger partial charge is 0.338 e. The molecule has 2 heterocycles. The van der Waals surface area contributed by atoms with Crippen molar-refractivity contribution in [2.24, 2.45) is 5.92 Å². The molecule has 1 N–H and O–H groups in total. The third-order valence-electron chi connectivity index (χ3n) is 5.31. The molecule has 0 aliphatic carbocycles. The second-order valence-corrected chi connectivity index (χ2v) is 6.94. The van der Waals surface area contributed by atoms with E-state index in [1.165, 1.54) is 16.8 Å². The van der Waals surface area contributed by atoms with Gasteiger partial charge in [0.1, 0.15) is 0 Å². The molecule has 3 rings (SSSR count). The lowest BCUT2D eigenvalue weighted by atomic mass is 9.82. The highest BCUT2D eigenvalue weighted by molar-refractivity contribution is 5.89. The van der Waals surface area contributed by atoms with Gasteiger partial charge in [-0.25, -0.2) is 9.59 Å². The lowest BCUT2D eigenvalue weighted by molar-refractivity contribution is -0.106. The number of carbonyl (C=O) groups is 1. The van der Waals surface area contributed by atoms with Gasteiger partial charge < -0.3 is 9.47 Å². The summed E-state index contributed by atoms with van der Waals surface area (Å²) in [5.74, 6) is -0.705. The van der Waals surface area contributed by atoms with Gasteiger partial charge in [0.15, 0.2) is 11.8 Å². The van der Waals surface area contributed by atoms with Crippen LogP contribution in [-0.4, -0.2) is 27.2 Å². The first-order chi connectivity index (χ1) is 13.4. The Morgan fingerprint density at radius 3 is 2.64 bits per heavy atom. The summed E-state index contributed by atoms with van der Waals surface area (Å²) in [6.07, 6.45) is 2.87. The summed E-state index contributed by atoms with van der Waals surface area (Å²) in [6, 6.07) is 9.90. The predicted octanol–water partition coefficient (Wildman–Crippen LogP) is 2.65. The van der Waals surface area contributed by atoms with Crippen molar-refractivity contribution in [3.63, 3.8) is 0 Å². The van der Waals surface area contributed by atoms with E-state index in [-0.39, 0.29) is 12.0 Å². The zero-order chi connectivity index (χ0) is 20.3. The Bertz CT molecular complexity index is 965. The summed E-state index contributed by atoms with van der Waals surface area (Å²) in [4.78, 5) is 39.0. The zero-order valence-electron chi connectivity index (χ0n) is 16.0. The molecule has 1 saturated heterocycles. The van der Waals surface area contributed by atoms with Crippen LogP contribution >= 0.6 is 0 Å². The fourth-order valence-corrected chi connectivity index (χ4v) is 3.80. The molecule has 2 unspecified atom stereocenters. The molecule has 1 aliphatic rings. The zero-order valence-corrected chi connectivity index (χ0v) is 16.0. The molecule has 148 valence electrons. The van der Waals surface area contributed by atoms with E-state index >= 15 is 0 Å². The number of carbonyl (C=O) groups excluding carboxylic acids is 1. The number of hydrogen-bond acceptors (Lipinski definition) is 5. The van der Waals surface area contributed by atoms with Crippen LogP contribution in [0.1, 0.15) is 43.3 Å².